The van der Waals surface area contributed by atoms with E-state index in [4.69, 9.17) is 0 Å². The van der Waals surface area contributed by atoms with Crippen molar-refractivity contribution in [2.24, 2.45) is 0 Å². The number of pyridine rings is 1. The number of benzene rings is 1. The number of hydrogen-bond acceptors (Lipinski definition) is 3. The average Bonchev–Trinajstić information content (AvgIpc) is 3.14. The fraction of sp³-hybridized carbons (Fsp3) is 0.278. The van der Waals surface area contributed by atoms with Gasteiger partial charge in [0.1, 0.15) is 0 Å². The van der Waals surface area contributed by atoms with Gasteiger partial charge in [0.25, 0.3) is 6.43 Å². The monoisotopic (exact) mass is 342 g/mol. The zero-order valence-electron chi connectivity index (χ0n) is 13.6. The molecule has 0 bridgehead atoms. The lowest BCUT2D eigenvalue weighted by molar-refractivity contribution is -0.115. The highest BCUT2D eigenvalue weighted by molar-refractivity contribution is 5.99. The lowest BCUT2D eigenvalue weighted by Gasteiger charge is -2.07. The van der Waals surface area contributed by atoms with Gasteiger partial charge in [-0.25, -0.2) is 18.3 Å². The maximum atomic E-state index is 13.2. The maximum absolute atomic E-state index is 13.2. The summed E-state index contributed by atoms with van der Waals surface area (Å²) in [5.41, 5.74) is 3.82. The zero-order chi connectivity index (χ0) is 17.6. The summed E-state index contributed by atoms with van der Waals surface area (Å²) >= 11 is 0. The van der Waals surface area contributed by atoms with Gasteiger partial charge in [-0.2, -0.15) is 5.10 Å². The normalized spacial score (nSPS) is 13.5. The van der Waals surface area contributed by atoms with Gasteiger partial charge < -0.3 is 5.32 Å². The Morgan fingerprint density at radius 1 is 1.28 bits per heavy atom. The van der Waals surface area contributed by atoms with Crippen LogP contribution in [0.15, 0.2) is 30.3 Å². The minimum absolute atomic E-state index is 0.00596. The Balaban J connectivity index is 1.69. The van der Waals surface area contributed by atoms with Gasteiger partial charge in [-0.3, -0.25) is 4.79 Å². The number of nitrogens with one attached hydrogen (secondary N) is 1. The molecule has 0 spiro atoms. The second-order valence-electron chi connectivity index (χ2n) is 6.08. The molecule has 2 aromatic heterocycles. The van der Waals surface area contributed by atoms with Crippen LogP contribution in [0.1, 0.15) is 41.6 Å². The van der Waals surface area contributed by atoms with Crippen molar-refractivity contribution in [3.63, 3.8) is 0 Å². The van der Waals surface area contributed by atoms with E-state index >= 15 is 0 Å². The van der Waals surface area contributed by atoms with Gasteiger partial charge in [-0.15, -0.1) is 0 Å². The molecule has 1 aliphatic heterocycles. The van der Waals surface area contributed by atoms with Crippen LogP contribution in [-0.4, -0.2) is 20.5 Å². The molecule has 3 heterocycles. The molecule has 0 atom stereocenters. The highest BCUT2D eigenvalue weighted by atomic mass is 19.3. The van der Waals surface area contributed by atoms with Crippen molar-refractivity contribution in [1.29, 1.82) is 0 Å². The van der Waals surface area contributed by atoms with E-state index in [0.29, 0.717) is 36.4 Å². The number of fused-ring (bicyclic) bond motifs is 2. The smallest absolute Gasteiger partial charge is 0.265 e. The molecule has 1 N–H and O–H groups in total. The van der Waals surface area contributed by atoms with Gasteiger partial charge in [0.15, 0.2) is 11.5 Å². The molecule has 0 radical (unpaired) electrons. The maximum Gasteiger partial charge on any atom is 0.265 e. The molecule has 0 saturated heterocycles. The molecule has 128 valence electrons. The fourth-order valence-corrected chi connectivity index (χ4v) is 3.26. The third-order valence-corrected chi connectivity index (χ3v) is 4.40. The lowest BCUT2D eigenvalue weighted by atomic mass is 10.1. The van der Waals surface area contributed by atoms with Crippen molar-refractivity contribution in [3.8, 4) is 0 Å². The number of hydrogen-bond donors (Lipinski definition) is 1. The van der Waals surface area contributed by atoms with E-state index in [-0.39, 0.29) is 11.5 Å². The SMILES string of the molecule is CCc1c(C(F)F)ccc2nc(Cc3ccc4c(c3)CC(=O)N4)nn12. The van der Waals surface area contributed by atoms with Crippen molar-refractivity contribution in [3.05, 3.63) is 58.5 Å². The Morgan fingerprint density at radius 2 is 2.12 bits per heavy atom. The first-order valence-electron chi connectivity index (χ1n) is 8.12. The summed E-state index contributed by atoms with van der Waals surface area (Å²) in [4.78, 5) is 15.9. The van der Waals surface area contributed by atoms with Gasteiger partial charge >= 0.3 is 0 Å². The van der Waals surface area contributed by atoms with E-state index in [0.717, 1.165) is 16.8 Å². The molecule has 0 saturated carbocycles. The highest BCUT2D eigenvalue weighted by Crippen LogP contribution is 2.26. The van der Waals surface area contributed by atoms with Crippen LogP contribution in [0.2, 0.25) is 0 Å². The minimum atomic E-state index is -2.53. The van der Waals surface area contributed by atoms with E-state index in [1.165, 1.54) is 10.6 Å². The molecule has 1 amide bonds. The summed E-state index contributed by atoms with van der Waals surface area (Å²) in [6.45, 7) is 1.83. The molecular formula is C18H16F2N4O. The molecule has 1 aliphatic rings. The number of anilines is 1. The quantitative estimate of drug-likeness (QED) is 0.791. The second kappa shape index (κ2) is 5.91. The van der Waals surface area contributed by atoms with Crippen LogP contribution < -0.4 is 5.32 Å². The number of carbonyl (C=O) groups excluding carboxylic acids is 1. The van der Waals surface area contributed by atoms with Crippen molar-refractivity contribution in [2.45, 2.75) is 32.6 Å². The first kappa shape index (κ1) is 15.7. The molecule has 7 heteroatoms. The van der Waals surface area contributed by atoms with Crippen LogP contribution in [-0.2, 0) is 24.1 Å². The molecule has 3 aromatic rings. The number of alkyl halides is 2. The summed E-state index contributed by atoms with van der Waals surface area (Å²) in [5, 5.41) is 7.22. The van der Waals surface area contributed by atoms with Crippen LogP contribution in [0.5, 0.6) is 0 Å². The van der Waals surface area contributed by atoms with E-state index in [1.54, 1.807) is 6.07 Å². The van der Waals surface area contributed by atoms with Gasteiger partial charge in [-0.05, 0) is 35.7 Å². The van der Waals surface area contributed by atoms with E-state index < -0.39 is 6.43 Å². The molecule has 0 unspecified atom stereocenters. The Kier molecular flexibility index (Phi) is 3.71. The largest absolute Gasteiger partial charge is 0.326 e. The van der Waals surface area contributed by atoms with E-state index in [1.807, 2.05) is 25.1 Å². The molecular weight excluding hydrogens is 326 g/mol. The summed E-state index contributed by atoms with van der Waals surface area (Å²) in [5.74, 6) is 0.559. The van der Waals surface area contributed by atoms with Crippen LogP contribution in [0.3, 0.4) is 0 Å². The highest BCUT2D eigenvalue weighted by Gasteiger charge is 2.19. The standard InChI is InChI=1S/C18H16F2N4O/c1-2-14-12(18(19)20)4-6-16-22-15(23-24(14)16)8-10-3-5-13-11(7-10)9-17(25)21-13/h3-7,18H,2,8-9H2,1H3,(H,21,25). The second-order valence-corrected chi connectivity index (χ2v) is 6.08. The number of carbonyl (C=O) groups is 1. The van der Waals surface area contributed by atoms with Gasteiger partial charge in [0, 0.05) is 17.7 Å². The number of aromatic nitrogens is 3. The predicted octanol–water partition coefficient (Wildman–Crippen LogP) is 3.31. The predicted molar refractivity (Wildman–Crippen MR) is 88.9 cm³/mol. The van der Waals surface area contributed by atoms with E-state index in [2.05, 4.69) is 15.4 Å². The third-order valence-electron chi connectivity index (χ3n) is 4.40. The van der Waals surface area contributed by atoms with Gasteiger partial charge in [0.05, 0.1) is 12.1 Å². The Morgan fingerprint density at radius 3 is 2.88 bits per heavy atom. The summed E-state index contributed by atoms with van der Waals surface area (Å²) < 4.78 is 27.8. The van der Waals surface area contributed by atoms with Crippen molar-refractivity contribution < 1.29 is 13.6 Å². The van der Waals surface area contributed by atoms with Crippen LogP contribution in [0, 0.1) is 0 Å². The molecule has 4 rings (SSSR count). The molecule has 0 aliphatic carbocycles. The number of rotatable bonds is 4. The molecule has 0 fully saturated rings. The Hall–Kier alpha value is -2.83. The fourth-order valence-electron chi connectivity index (χ4n) is 3.26. The molecule has 25 heavy (non-hydrogen) atoms. The first-order valence-corrected chi connectivity index (χ1v) is 8.12. The number of halogens is 2. The van der Waals surface area contributed by atoms with Crippen LogP contribution in [0.4, 0.5) is 14.5 Å². The van der Waals surface area contributed by atoms with Gasteiger partial charge in [-0.1, -0.05) is 19.1 Å². The van der Waals surface area contributed by atoms with Gasteiger partial charge in [0.2, 0.25) is 5.91 Å². The van der Waals surface area contributed by atoms with Crippen molar-refractivity contribution in [2.75, 3.05) is 5.32 Å². The number of aryl methyl sites for hydroxylation is 1. The summed E-state index contributed by atoms with van der Waals surface area (Å²) in [6.07, 6.45) is -1.23. The number of nitrogens with zero attached hydrogens (tertiary/aromatic N) is 3. The molecule has 5 nitrogen and oxygen atoms in total. The number of amides is 1. The lowest BCUT2D eigenvalue weighted by Crippen LogP contribution is -2.04. The van der Waals surface area contributed by atoms with Crippen molar-refractivity contribution >= 4 is 17.2 Å². The third kappa shape index (κ3) is 2.75. The van der Waals surface area contributed by atoms with E-state index in [9.17, 15) is 13.6 Å². The van der Waals surface area contributed by atoms with Crippen LogP contribution >= 0.6 is 0 Å². The van der Waals surface area contributed by atoms with Crippen LogP contribution in [0.25, 0.3) is 5.65 Å². The van der Waals surface area contributed by atoms with Crippen molar-refractivity contribution in [1.82, 2.24) is 14.6 Å². The molecule has 1 aromatic carbocycles. The first-order chi connectivity index (χ1) is 12.0. The average molecular weight is 342 g/mol. The minimum Gasteiger partial charge on any atom is -0.326 e. The summed E-state index contributed by atoms with van der Waals surface area (Å²) in [6, 6.07) is 8.75. The topological polar surface area (TPSA) is 59.3 Å². The Labute approximate surface area is 142 Å². The summed E-state index contributed by atoms with van der Waals surface area (Å²) in [7, 11) is 0. The zero-order valence-corrected chi connectivity index (χ0v) is 13.6. The Bertz CT molecular complexity index is 981.